The molecule has 0 aliphatic carbocycles. The Hall–Kier alpha value is -8.02. The molecule has 274 valence electrons. The van der Waals surface area contributed by atoms with Crippen LogP contribution >= 0.6 is 0 Å². The maximum absolute atomic E-state index is 7.00. The van der Waals surface area contributed by atoms with Crippen LogP contribution in [0.25, 0.3) is 138 Å². The third-order valence-electron chi connectivity index (χ3n) is 12.4. The average molecular weight is 756 g/mol. The van der Waals surface area contributed by atoms with Crippen molar-refractivity contribution in [1.82, 2.24) is 4.57 Å². The minimum atomic E-state index is 0.812. The van der Waals surface area contributed by atoms with Crippen LogP contribution in [0, 0.1) is 0 Å². The van der Waals surface area contributed by atoms with E-state index in [9.17, 15) is 0 Å². The zero-order valence-electron chi connectivity index (χ0n) is 31.3. The molecule has 0 bridgehead atoms. The first-order valence-corrected chi connectivity index (χ1v) is 19.9. The Bertz CT molecular complexity index is 4040. The molecule has 14 aromatic rings. The maximum Gasteiger partial charge on any atom is 0.143 e. The van der Waals surface area contributed by atoms with E-state index in [0.29, 0.717) is 0 Å². The van der Waals surface area contributed by atoms with Gasteiger partial charge in [-0.3, -0.25) is 0 Å². The molecule has 9 aromatic carbocycles. The van der Waals surface area contributed by atoms with Gasteiger partial charge in [0.25, 0.3) is 0 Å². The molecule has 5 nitrogen and oxygen atoms in total. The van der Waals surface area contributed by atoms with Gasteiger partial charge < -0.3 is 22.2 Å². The predicted molar refractivity (Wildman–Crippen MR) is 241 cm³/mol. The van der Waals surface area contributed by atoms with Gasteiger partial charge in [0, 0.05) is 82.3 Å². The Balaban J connectivity index is 0.954. The highest BCUT2D eigenvalue weighted by Crippen LogP contribution is 2.46. The topological polar surface area (TPSA) is 57.5 Å². The number of aromatic nitrogens is 1. The summed E-state index contributed by atoms with van der Waals surface area (Å²) in [6, 6.07) is 61.6. The second kappa shape index (κ2) is 11.3. The second-order valence-corrected chi connectivity index (χ2v) is 15.5. The first-order valence-electron chi connectivity index (χ1n) is 19.9. The molecule has 0 amide bonds. The number of hydrogen-bond donors (Lipinski definition) is 0. The SMILES string of the molecule is c1ccc2c(c1)oc1c(-c3cccc4c3oc3c(-c5cccc6oc7cc8c(cc7c56)oc5cc(-n6c7ccccc7c7ccccc76)ccc58)cccc34)cccc12. The van der Waals surface area contributed by atoms with Gasteiger partial charge in [0.2, 0.25) is 0 Å². The molecule has 5 heterocycles. The molecule has 59 heavy (non-hydrogen) atoms. The van der Waals surface area contributed by atoms with Crippen LogP contribution in [0.5, 0.6) is 0 Å². The number of hydrogen-bond acceptors (Lipinski definition) is 4. The van der Waals surface area contributed by atoms with E-state index in [1.165, 1.54) is 21.8 Å². The van der Waals surface area contributed by atoms with Gasteiger partial charge in [-0.2, -0.15) is 0 Å². The highest BCUT2D eigenvalue weighted by atomic mass is 16.3. The molecule has 0 radical (unpaired) electrons. The Kier molecular flexibility index (Phi) is 5.96. The Morgan fingerprint density at radius 3 is 1.47 bits per heavy atom. The minimum absolute atomic E-state index is 0.812. The van der Waals surface area contributed by atoms with Crippen molar-refractivity contribution in [2.75, 3.05) is 0 Å². The van der Waals surface area contributed by atoms with Gasteiger partial charge in [0.05, 0.1) is 11.0 Å². The van der Waals surface area contributed by atoms with Gasteiger partial charge in [-0.1, -0.05) is 121 Å². The lowest BCUT2D eigenvalue weighted by Crippen LogP contribution is -1.93. The minimum Gasteiger partial charge on any atom is -0.456 e. The quantitative estimate of drug-likeness (QED) is 0.180. The first-order chi connectivity index (χ1) is 29.2. The number of nitrogens with zero attached hydrogens (tertiary/aromatic N) is 1. The summed E-state index contributed by atoms with van der Waals surface area (Å²) in [6.07, 6.45) is 0. The van der Waals surface area contributed by atoms with Crippen LogP contribution in [0.15, 0.2) is 194 Å². The first kappa shape index (κ1) is 31.1. The molecule has 0 saturated heterocycles. The maximum atomic E-state index is 7.00. The van der Waals surface area contributed by atoms with Gasteiger partial charge in [-0.05, 0) is 54.1 Å². The molecule has 0 fully saturated rings. The van der Waals surface area contributed by atoms with Crippen LogP contribution in [-0.4, -0.2) is 4.57 Å². The Morgan fingerprint density at radius 2 is 0.746 bits per heavy atom. The van der Waals surface area contributed by atoms with E-state index in [0.717, 1.165) is 116 Å². The predicted octanol–water partition coefficient (Wildman–Crippen LogP) is 15.7. The van der Waals surface area contributed by atoms with Crippen molar-refractivity contribution >= 4 is 110 Å². The zero-order valence-corrected chi connectivity index (χ0v) is 31.3. The lowest BCUT2D eigenvalue weighted by molar-refractivity contribution is 0.663. The molecule has 5 aromatic heterocycles. The highest BCUT2D eigenvalue weighted by molar-refractivity contribution is 6.22. The van der Waals surface area contributed by atoms with Gasteiger partial charge >= 0.3 is 0 Å². The van der Waals surface area contributed by atoms with Gasteiger partial charge in [0.15, 0.2) is 0 Å². The summed E-state index contributed by atoms with van der Waals surface area (Å²) in [5.41, 5.74) is 14.1. The average Bonchev–Trinajstić information content (AvgIpc) is 4.10. The number of benzene rings is 9. The van der Waals surface area contributed by atoms with E-state index in [1.807, 2.05) is 18.2 Å². The van der Waals surface area contributed by atoms with E-state index >= 15 is 0 Å². The number of rotatable bonds is 3. The van der Waals surface area contributed by atoms with Gasteiger partial charge in [-0.25, -0.2) is 0 Å². The number of fused-ring (bicyclic) bond motifs is 15. The largest absolute Gasteiger partial charge is 0.456 e. The van der Waals surface area contributed by atoms with Gasteiger partial charge in [0.1, 0.15) is 44.7 Å². The molecule has 0 N–H and O–H groups in total. The van der Waals surface area contributed by atoms with Crippen molar-refractivity contribution in [3.63, 3.8) is 0 Å². The zero-order chi connectivity index (χ0) is 38.3. The van der Waals surface area contributed by atoms with Crippen molar-refractivity contribution in [1.29, 1.82) is 0 Å². The summed E-state index contributed by atoms with van der Waals surface area (Å²) in [7, 11) is 0. The molecule has 0 saturated carbocycles. The smallest absolute Gasteiger partial charge is 0.143 e. The van der Waals surface area contributed by atoms with E-state index in [-0.39, 0.29) is 0 Å². The van der Waals surface area contributed by atoms with Crippen molar-refractivity contribution in [3.8, 4) is 27.9 Å². The summed E-state index contributed by atoms with van der Waals surface area (Å²) in [4.78, 5) is 0. The van der Waals surface area contributed by atoms with Crippen molar-refractivity contribution in [2.45, 2.75) is 0 Å². The summed E-state index contributed by atoms with van der Waals surface area (Å²) in [5.74, 6) is 0. The fraction of sp³-hybridized carbons (Fsp3) is 0. The summed E-state index contributed by atoms with van der Waals surface area (Å²) in [6.45, 7) is 0. The summed E-state index contributed by atoms with van der Waals surface area (Å²) in [5, 5.41) is 10.9. The lowest BCUT2D eigenvalue weighted by atomic mass is 9.96. The standard InChI is InChI=1S/C54H29NO4/c1-4-21-44-31(11-1)32-12-2-5-22-45(32)55(44)30-25-26-34-42-28-50-43(29-49(42)57-48(34)27-30)51-35(14-10-24-47(51)56-50)37-16-8-18-40-41-20-9-19-39(54(41)59-53(37)40)38-17-7-15-36-33-13-3-6-23-46(33)58-52(36)38/h1-29H. The molecule has 0 unspecified atom stereocenters. The molecule has 0 atom stereocenters. The monoisotopic (exact) mass is 755 g/mol. The molecule has 0 aliphatic rings. The second-order valence-electron chi connectivity index (χ2n) is 15.5. The van der Waals surface area contributed by atoms with Crippen molar-refractivity contribution < 1.29 is 17.7 Å². The fourth-order valence-electron chi connectivity index (χ4n) is 9.85. The highest BCUT2D eigenvalue weighted by Gasteiger charge is 2.22. The summed E-state index contributed by atoms with van der Waals surface area (Å²) < 4.78 is 29.2. The Labute approximate surface area is 334 Å². The van der Waals surface area contributed by atoms with Crippen molar-refractivity contribution in [3.05, 3.63) is 176 Å². The Morgan fingerprint density at radius 1 is 0.271 bits per heavy atom. The molecule has 0 spiro atoms. The molecule has 14 rings (SSSR count). The van der Waals surface area contributed by atoms with Crippen molar-refractivity contribution in [2.24, 2.45) is 0 Å². The third-order valence-corrected chi connectivity index (χ3v) is 12.4. The van der Waals surface area contributed by atoms with Crippen LogP contribution in [0.2, 0.25) is 0 Å². The fourth-order valence-corrected chi connectivity index (χ4v) is 9.85. The molecule has 0 aliphatic heterocycles. The third kappa shape index (κ3) is 4.18. The molecule has 5 heteroatoms. The van der Waals surface area contributed by atoms with E-state index in [2.05, 4.69) is 162 Å². The number of furan rings is 4. The van der Waals surface area contributed by atoms with Crippen LogP contribution in [-0.2, 0) is 0 Å². The lowest BCUT2D eigenvalue weighted by Gasteiger charge is -2.07. The molecular weight excluding hydrogens is 727 g/mol. The van der Waals surface area contributed by atoms with Crippen LogP contribution in [0.3, 0.4) is 0 Å². The van der Waals surface area contributed by atoms with E-state index in [1.54, 1.807) is 0 Å². The van der Waals surface area contributed by atoms with Gasteiger partial charge in [-0.15, -0.1) is 0 Å². The van der Waals surface area contributed by atoms with Crippen LogP contribution in [0.1, 0.15) is 0 Å². The normalized spacial score (nSPS) is 12.4. The van der Waals surface area contributed by atoms with Crippen LogP contribution in [0.4, 0.5) is 0 Å². The van der Waals surface area contributed by atoms with Crippen LogP contribution < -0.4 is 0 Å². The summed E-state index contributed by atoms with van der Waals surface area (Å²) >= 11 is 0. The van der Waals surface area contributed by atoms with E-state index < -0.39 is 0 Å². The molecular formula is C54H29NO4. The number of para-hydroxylation sites is 6. The van der Waals surface area contributed by atoms with E-state index in [4.69, 9.17) is 17.7 Å².